The zero-order valence-electron chi connectivity index (χ0n) is 17.3. The van der Waals surface area contributed by atoms with Crippen LogP contribution in [0.1, 0.15) is 42.5 Å². The van der Waals surface area contributed by atoms with Gasteiger partial charge in [0.2, 0.25) is 0 Å². The van der Waals surface area contributed by atoms with Crippen LogP contribution >= 0.6 is 0 Å². The third-order valence-electron chi connectivity index (χ3n) is 6.13. The number of hydrogen-bond donors (Lipinski definition) is 1. The van der Waals surface area contributed by atoms with Crippen LogP contribution in [0.3, 0.4) is 0 Å². The number of rotatable bonds is 4. The van der Waals surface area contributed by atoms with E-state index >= 15 is 0 Å². The highest BCUT2D eigenvalue weighted by Crippen LogP contribution is 2.40. The molecule has 1 N–H and O–H groups in total. The Morgan fingerprint density at radius 1 is 1.29 bits per heavy atom. The van der Waals surface area contributed by atoms with Crippen molar-refractivity contribution in [3.63, 3.8) is 0 Å². The van der Waals surface area contributed by atoms with Gasteiger partial charge < -0.3 is 19.5 Å². The highest BCUT2D eigenvalue weighted by molar-refractivity contribution is 6.46. The van der Waals surface area contributed by atoms with Crippen LogP contribution in [0.15, 0.2) is 48.3 Å². The number of fused-ring (bicyclic) bond motifs is 1. The van der Waals surface area contributed by atoms with Crippen molar-refractivity contribution in [2.24, 2.45) is 0 Å². The van der Waals surface area contributed by atoms with Crippen LogP contribution in [0.5, 0.6) is 5.75 Å². The molecule has 1 aromatic heterocycles. The number of Topliss-reactive ketones (excluding diaryl/α,β-unsaturated/α-hetero) is 1. The molecule has 7 nitrogen and oxygen atoms in total. The number of carbonyl (C=O) groups excluding carboxylic acids is 2. The average Bonchev–Trinajstić information content (AvgIpc) is 3.48. The molecular formula is C24H24N2O5. The van der Waals surface area contributed by atoms with Gasteiger partial charge in [0.25, 0.3) is 11.7 Å². The van der Waals surface area contributed by atoms with Gasteiger partial charge in [0, 0.05) is 37.5 Å². The van der Waals surface area contributed by atoms with Crippen molar-refractivity contribution in [2.45, 2.75) is 44.4 Å². The maximum absolute atomic E-state index is 13.1. The summed E-state index contributed by atoms with van der Waals surface area (Å²) in [5.41, 5.74) is 2.24. The van der Waals surface area contributed by atoms with E-state index in [1.54, 1.807) is 30.6 Å². The van der Waals surface area contributed by atoms with Gasteiger partial charge >= 0.3 is 0 Å². The number of benzene rings is 1. The molecule has 1 amide bonds. The zero-order valence-corrected chi connectivity index (χ0v) is 17.3. The van der Waals surface area contributed by atoms with E-state index in [-0.39, 0.29) is 23.5 Å². The van der Waals surface area contributed by atoms with E-state index in [1.807, 2.05) is 19.1 Å². The highest BCUT2D eigenvalue weighted by atomic mass is 16.5. The van der Waals surface area contributed by atoms with Gasteiger partial charge in [-0.25, -0.2) is 0 Å². The van der Waals surface area contributed by atoms with Crippen molar-refractivity contribution < 1.29 is 24.2 Å². The first-order valence-electron chi connectivity index (χ1n) is 10.6. The summed E-state index contributed by atoms with van der Waals surface area (Å²) in [6.07, 6.45) is 5.72. The minimum Gasteiger partial charge on any atom is -0.507 e. The summed E-state index contributed by atoms with van der Waals surface area (Å²) in [5, 5.41) is 11.2. The molecule has 0 spiro atoms. The second-order valence-electron chi connectivity index (χ2n) is 8.33. The quantitative estimate of drug-likeness (QED) is 0.465. The van der Waals surface area contributed by atoms with Gasteiger partial charge in [-0.05, 0) is 55.2 Å². The maximum atomic E-state index is 13.1. The van der Waals surface area contributed by atoms with E-state index in [1.165, 1.54) is 4.90 Å². The van der Waals surface area contributed by atoms with Crippen LogP contribution in [-0.4, -0.2) is 52.0 Å². The Labute approximate surface area is 180 Å². The van der Waals surface area contributed by atoms with Crippen LogP contribution in [0.25, 0.3) is 5.76 Å². The number of ether oxygens (including phenoxy) is 2. The van der Waals surface area contributed by atoms with Crippen LogP contribution in [-0.2, 0) is 20.7 Å². The van der Waals surface area contributed by atoms with Gasteiger partial charge in [0.05, 0.1) is 17.7 Å². The zero-order chi connectivity index (χ0) is 21.5. The smallest absolute Gasteiger partial charge is 0.295 e. The normalized spacial score (nSPS) is 26.9. The molecule has 3 atom stereocenters. The molecule has 5 rings (SSSR count). The van der Waals surface area contributed by atoms with Gasteiger partial charge in [-0.2, -0.15) is 0 Å². The van der Waals surface area contributed by atoms with Crippen molar-refractivity contribution in [3.8, 4) is 5.75 Å². The van der Waals surface area contributed by atoms with E-state index in [0.29, 0.717) is 24.3 Å². The maximum Gasteiger partial charge on any atom is 0.295 e. The fraction of sp³-hybridized carbons (Fsp3) is 0.375. The molecule has 2 saturated heterocycles. The number of aromatic nitrogens is 1. The minimum absolute atomic E-state index is 0.0692. The second kappa shape index (κ2) is 7.81. The van der Waals surface area contributed by atoms with Gasteiger partial charge in [-0.1, -0.05) is 6.07 Å². The van der Waals surface area contributed by atoms with E-state index < -0.39 is 17.7 Å². The molecule has 2 fully saturated rings. The number of pyridine rings is 1. The Kier molecular flexibility index (Phi) is 4.98. The first-order valence-corrected chi connectivity index (χ1v) is 10.6. The molecule has 1 aromatic carbocycles. The Hall–Kier alpha value is -3.19. The predicted molar refractivity (Wildman–Crippen MR) is 112 cm³/mol. The number of nitrogens with zero attached hydrogens (tertiary/aromatic N) is 2. The molecule has 0 radical (unpaired) electrons. The van der Waals surface area contributed by atoms with E-state index in [0.717, 1.165) is 30.6 Å². The Morgan fingerprint density at radius 2 is 2.16 bits per heavy atom. The number of aliphatic hydroxyl groups excluding tert-OH is 1. The largest absolute Gasteiger partial charge is 0.507 e. The van der Waals surface area contributed by atoms with Gasteiger partial charge in [0.1, 0.15) is 17.6 Å². The van der Waals surface area contributed by atoms with Gasteiger partial charge in [-0.3, -0.25) is 14.6 Å². The fourth-order valence-corrected chi connectivity index (χ4v) is 4.69. The summed E-state index contributed by atoms with van der Waals surface area (Å²) < 4.78 is 11.4. The number of carbonyl (C=O) groups is 2. The van der Waals surface area contributed by atoms with Crippen LogP contribution in [0, 0.1) is 0 Å². The molecule has 31 heavy (non-hydrogen) atoms. The van der Waals surface area contributed by atoms with Crippen LogP contribution < -0.4 is 4.74 Å². The van der Waals surface area contributed by atoms with E-state index in [4.69, 9.17) is 9.47 Å². The van der Waals surface area contributed by atoms with Gasteiger partial charge in [-0.15, -0.1) is 0 Å². The molecule has 0 saturated carbocycles. The highest BCUT2D eigenvalue weighted by Gasteiger charge is 2.47. The molecule has 3 aliphatic rings. The SMILES string of the molecule is CC1Cc2cc(/C(O)=C3/C(=O)C(=O)N(CC4CCCO4)C3c3cccnc3)ccc2O1. The van der Waals surface area contributed by atoms with Crippen LogP contribution in [0.4, 0.5) is 0 Å². The predicted octanol–water partition coefficient (Wildman–Crippen LogP) is 3.01. The number of ketones is 1. The van der Waals surface area contributed by atoms with Crippen molar-refractivity contribution in [1.29, 1.82) is 0 Å². The molecular weight excluding hydrogens is 396 g/mol. The number of aliphatic hydroxyl groups is 1. The topological polar surface area (TPSA) is 89.0 Å². The molecule has 160 valence electrons. The summed E-state index contributed by atoms with van der Waals surface area (Å²) in [6, 6.07) is 8.23. The van der Waals surface area contributed by atoms with Crippen molar-refractivity contribution >= 4 is 17.4 Å². The minimum atomic E-state index is -0.707. The summed E-state index contributed by atoms with van der Waals surface area (Å²) in [6.45, 7) is 2.94. The van der Waals surface area contributed by atoms with E-state index in [2.05, 4.69) is 4.98 Å². The molecule has 3 unspecified atom stereocenters. The molecule has 7 heteroatoms. The fourth-order valence-electron chi connectivity index (χ4n) is 4.69. The Morgan fingerprint density at radius 3 is 2.90 bits per heavy atom. The van der Waals surface area contributed by atoms with Gasteiger partial charge in [0.15, 0.2) is 0 Å². The molecule has 4 heterocycles. The van der Waals surface area contributed by atoms with E-state index in [9.17, 15) is 14.7 Å². The molecule has 0 aliphatic carbocycles. The number of amides is 1. The van der Waals surface area contributed by atoms with Crippen LogP contribution in [0.2, 0.25) is 0 Å². The Balaban J connectivity index is 1.59. The number of hydrogen-bond acceptors (Lipinski definition) is 6. The first kappa shape index (κ1) is 19.8. The lowest BCUT2D eigenvalue weighted by Gasteiger charge is -2.27. The molecule has 0 bridgehead atoms. The Bertz CT molecular complexity index is 1060. The second-order valence-corrected chi connectivity index (χ2v) is 8.33. The lowest BCUT2D eigenvalue weighted by molar-refractivity contribution is -0.140. The molecule has 3 aliphatic heterocycles. The van der Waals surface area contributed by atoms with Crippen molar-refractivity contribution in [3.05, 3.63) is 65.0 Å². The monoisotopic (exact) mass is 420 g/mol. The summed E-state index contributed by atoms with van der Waals surface area (Å²) in [7, 11) is 0. The molecule has 2 aromatic rings. The average molecular weight is 420 g/mol. The van der Waals surface area contributed by atoms with Crippen molar-refractivity contribution in [1.82, 2.24) is 9.88 Å². The summed E-state index contributed by atoms with van der Waals surface area (Å²) in [5.74, 6) is -0.699. The number of likely N-dealkylation sites (tertiary alicyclic amines) is 1. The summed E-state index contributed by atoms with van der Waals surface area (Å²) >= 11 is 0. The lowest BCUT2D eigenvalue weighted by atomic mass is 9.95. The lowest BCUT2D eigenvalue weighted by Crippen LogP contribution is -2.36. The van der Waals surface area contributed by atoms with Crippen molar-refractivity contribution in [2.75, 3.05) is 13.2 Å². The standard InChI is InChI=1S/C24H24N2O5/c1-14-10-17-11-15(6-7-19(17)31-14)22(27)20-21(16-4-2-8-25-12-16)26(24(29)23(20)28)13-18-5-3-9-30-18/h2,4,6-8,11-12,14,18,21,27H,3,5,9-10,13H2,1H3/b22-20-. The third-order valence-corrected chi connectivity index (χ3v) is 6.13. The first-order chi connectivity index (χ1) is 15.0. The summed E-state index contributed by atoms with van der Waals surface area (Å²) in [4.78, 5) is 31.7. The third kappa shape index (κ3) is 3.49.